The van der Waals surface area contributed by atoms with Crippen molar-refractivity contribution in [2.24, 2.45) is 0 Å². The molecule has 0 bridgehead atoms. The maximum absolute atomic E-state index is 12.6. The Labute approximate surface area is 169 Å². The lowest BCUT2D eigenvalue weighted by molar-refractivity contribution is -0.127. The number of hydrogen-bond donors (Lipinski definition) is 0. The van der Waals surface area contributed by atoms with Gasteiger partial charge in [0.05, 0.1) is 5.75 Å². The number of piperidine rings is 1. The van der Waals surface area contributed by atoms with Crippen LogP contribution in [0.15, 0.2) is 58.2 Å². The molecular weight excluding hydrogens is 370 g/mol. The van der Waals surface area contributed by atoms with Crippen LogP contribution in [0.5, 0.6) is 0 Å². The van der Waals surface area contributed by atoms with E-state index in [4.69, 9.17) is 4.42 Å². The summed E-state index contributed by atoms with van der Waals surface area (Å²) in [6.45, 7) is 2.81. The Kier molecular flexibility index (Phi) is 5.86. The molecule has 3 aromatic rings. The number of benzene rings is 2. The first-order valence-corrected chi connectivity index (χ1v) is 10.7. The highest BCUT2D eigenvalue weighted by atomic mass is 32.2. The maximum atomic E-state index is 12.6. The molecule has 146 valence electrons. The van der Waals surface area contributed by atoms with Crippen molar-refractivity contribution in [2.75, 3.05) is 30.8 Å². The van der Waals surface area contributed by atoms with Gasteiger partial charge in [-0.2, -0.15) is 0 Å². The Morgan fingerprint density at radius 1 is 1.11 bits per heavy atom. The maximum Gasteiger partial charge on any atom is 0.257 e. The molecule has 0 atom stereocenters. The Hall–Kier alpha value is -2.47. The lowest BCUT2D eigenvalue weighted by Gasteiger charge is -2.31. The number of oxazole rings is 1. The normalized spacial score (nSPS) is 14.4. The number of aromatic nitrogens is 1. The first-order valence-electron chi connectivity index (χ1n) is 9.76. The SMILES string of the molecule is CN(Cc1ccccc1N1CCCCC1)C(=O)CSc1nc2ccccc2o1. The van der Waals surface area contributed by atoms with Crippen LogP contribution in [-0.4, -0.2) is 41.7 Å². The highest BCUT2D eigenvalue weighted by Gasteiger charge is 2.17. The first-order chi connectivity index (χ1) is 13.7. The van der Waals surface area contributed by atoms with Gasteiger partial charge in [-0.1, -0.05) is 42.1 Å². The molecule has 1 aliphatic rings. The molecule has 0 aliphatic carbocycles. The molecule has 0 N–H and O–H groups in total. The van der Waals surface area contributed by atoms with Crippen molar-refractivity contribution in [1.29, 1.82) is 0 Å². The van der Waals surface area contributed by atoms with Gasteiger partial charge in [-0.05, 0) is 43.0 Å². The molecule has 2 heterocycles. The second kappa shape index (κ2) is 8.69. The van der Waals surface area contributed by atoms with Gasteiger partial charge in [0.1, 0.15) is 5.52 Å². The van der Waals surface area contributed by atoms with Gasteiger partial charge in [0.2, 0.25) is 5.91 Å². The van der Waals surface area contributed by atoms with Crippen LogP contribution in [0.2, 0.25) is 0 Å². The number of thioether (sulfide) groups is 1. The zero-order valence-corrected chi connectivity index (χ0v) is 17.0. The molecule has 1 aliphatic heterocycles. The molecule has 6 heteroatoms. The minimum Gasteiger partial charge on any atom is -0.431 e. The predicted molar refractivity (Wildman–Crippen MR) is 114 cm³/mol. The minimum absolute atomic E-state index is 0.0701. The number of fused-ring (bicyclic) bond motifs is 1. The molecule has 1 amide bonds. The third kappa shape index (κ3) is 4.33. The predicted octanol–water partition coefficient (Wildman–Crippen LogP) is 4.57. The van der Waals surface area contributed by atoms with E-state index in [1.54, 1.807) is 4.90 Å². The van der Waals surface area contributed by atoms with Crippen LogP contribution in [0.3, 0.4) is 0 Å². The van der Waals surface area contributed by atoms with Crippen molar-refractivity contribution in [2.45, 2.75) is 31.0 Å². The van der Waals surface area contributed by atoms with Gasteiger partial charge >= 0.3 is 0 Å². The lowest BCUT2D eigenvalue weighted by Crippen LogP contribution is -2.32. The van der Waals surface area contributed by atoms with Gasteiger partial charge in [-0.25, -0.2) is 4.98 Å². The molecule has 0 saturated carbocycles. The number of nitrogens with zero attached hydrogens (tertiary/aromatic N) is 3. The van der Waals surface area contributed by atoms with Crippen molar-refractivity contribution >= 4 is 34.5 Å². The van der Waals surface area contributed by atoms with Crippen LogP contribution >= 0.6 is 11.8 Å². The highest BCUT2D eigenvalue weighted by molar-refractivity contribution is 7.99. The largest absolute Gasteiger partial charge is 0.431 e. The number of anilines is 1. The van der Waals surface area contributed by atoms with Crippen LogP contribution < -0.4 is 4.90 Å². The monoisotopic (exact) mass is 395 g/mol. The highest BCUT2D eigenvalue weighted by Crippen LogP contribution is 2.26. The average molecular weight is 396 g/mol. The van der Waals surface area contributed by atoms with E-state index >= 15 is 0 Å². The Morgan fingerprint density at radius 3 is 2.68 bits per heavy atom. The van der Waals surface area contributed by atoms with Crippen LogP contribution in [0.1, 0.15) is 24.8 Å². The fraction of sp³-hybridized carbons (Fsp3) is 0.364. The smallest absolute Gasteiger partial charge is 0.257 e. The molecule has 28 heavy (non-hydrogen) atoms. The summed E-state index contributed by atoms with van der Waals surface area (Å²) in [5, 5.41) is 0.539. The second-order valence-corrected chi connectivity index (χ2v) is 8.09. The van der Waals surface area contributed by atoms with Gasteiger partial charge in [-0.15, -0.1) is 0 Å². The van der Waals surface area contributed by atoms with E-state index in [0.29, 0.717) is 17.5 Å². The summed E-state index contributed by atoms with van der Waals surface area (Å²) in [6.07, 6.45) is 3.79. The van der Waals surface area contributed by atoms with Crippen LogP contribution in [-0.2, 0) is 11.3 Å². The van der Waals surface area contributed by atoms with Gasteiger partial charge in [0, 0.05) is 32.4 Å². The van der Waals surface area contributed by atoms with Gasteiger partial charge in [0.25, 0.3) is 5.22 Å². The number of carbonyl (C=O) groups excluding carboxylic acids is 1. The van der Waals surface area contributed by atoms with E-state index in [-0.39, 0.29) is 5.91 Å². The molecule has 1 fully saturated rings. The number of rotatable bonds is 6. The molecule has 0 radical (unpaired) electrons. The van der Waals surface area contributed by atoms with Crippen molar-refractivity contribution in [3.8, 4) is 0 Å². The average Bonchev–Trinajstić information content (AvgIpc) is 3.16. The van der Waals surface area contributed by atoms with E-state index in [1.807, 2.05) is 37.4 Å². The number of carbonyl (C=O) groups is 1. The first kappa shape index (κ1) is 18.9. The Balaban J connectivity index is 1.38. The van der Waals surface area contributed by atoms with Crippen molar-refractivity contribution in [1.82, 2.24) is 9.88 Å². The fourth-order valence-electron chi connectivity index (χ4n) is 3.58. The standard InChI is InChI=1S/C22H25N3O2S/c1-24(15-17-9-3-5-11-19(17)25-13-7-2-8-14-25)21(26)16-28-22-23-18-10-4-6-12-20(18)27-22/h3-6,9-12H,2,7-8,13-16H2,1H3. The molecule has 0 unspecified atom stereocenters. The molecule has 1 saturated heterocycles. The third-order valence-electron chi connectivity index (χ3n) is 5.12. The van der Waals surface area contributed by atoms with E-state index in [0.717, 1.165) is 24.2 Å². The van der Waals surface area contributed by atoms with Gasteiger partial charge in [-0.3, -0.25) is 4.79 Å². The van der Waals surface area contributed by atoms with Crippen LogP contribution in [0, 0.1) is 0 Å². The molecule has 4 rings (SSSR count). The summed E-state index contributed by atoms with van der Waals surface area (Å²) in [4.78, 5) is 21.3. The zero-order valence-electron chi connectivity index (χ0n) is 16.1. The number of para-hydroxylation sites is 3. The van der Waals surface area contributed by atoms with E-state index in [1.165, 1.54) is 42.3 Å². The minimum atomic E-state index is 0.0701. The topological polar surface area (TPSA) is 49.6 Å². The summed E-state index contributed by atoms with van der Waals surface area (Å²) in [6, 6.07) is 16.1. The number of amides is 1. The zero-order chi connectivity index (χ0) is 19.3. The van der Waals surface area contributed by atoms with Crippen molar-refractivity contribution < 1.29 is 9.21 Å². The quantitative estimate of drug-likeness (QED) is 0.572. The van der Waals surface area contributed by atoms with Crippen molar-refractivity contribution in [3.63, 3.8) is 0 Å². The number of hydrogen-bond acceptors (Lipinski definition) is 5. The van der Waals surface area contributed by atoms with E-state index in [9.17, 15) is 4.79 Å². The van der Waals surface area contributed by atoms with E-state index < -0.39 is 0 Å². The summed E-state index contributed by atoms with van der Waals surface area (Å²) in [7, 11) is 1.86. The molecule has 5 nitrogen and oxygen atoms in total. The Bertz CT molecular complexity index is 917. The van der Waals surface area contributed by atoms with E-state index in [2.05, 4.69) is 28.1 Å². The lowest BCUT2D eigenvalue weighted by atomic mass is 10.1. The van der Waals surface area contributed by atoms with Crippen molar-refractivity contribution in [3.05, 3.63) is 54.1 Å². The van der Waals surface area contributed by atoms with Crippen LogP contribution in [0.25, 0.3) is 11.1 Å². The molecule has 2 aromatic carbocycles. The fourth-order valence-corrected chi connectivity index (χ4v) is 4.36. The molecule has 0 spiro atoms. The van der Waals surface area contributed by atoms with Crippen LogP contribution in [0.4, 0.5) is 5.69 Å². The second-order valence-electron chi connectivity index (χ2n) is 7.16. The third-order valence-corrected chi connectivity index (χ3v) is 5.93. The summed E-state index contributed by atoms with van der Waals surface area (Å²) in [5.41, 5.74) is 4.03. The summed E-state index contributed by atoms with van der Waals surface area (Å²) < 4.78 is 5.69. The Morgan fingerprint density at radius 2 is 1.86 bits per heavy atom. The summed E-state index contributed by atoms with van der Waals surface area (Å²) >= 11 is 1.35. The summed E-state index contributed by atoms with van der Waals surface area (Å²) in [5.74, 6) is 0.385. The van der Waals surface area contributed by atoms with Gasteiger partial charge < -0.3 is 14.2 Å². The molecular formula is C22H25N3O2S. The van der Waals surface area contributed by atoms with Gasteiger partial charge in [0.15, 0.2) is 5.58 Å². The molecule has 1 aromatic heterocycles.